The van der Waals surface area contributed by atoms with Crippen LogP contribution in [-0.2, 0) is 85.4 Å². The molecule has 0 unspecified atom stereocenters. The topological polar surface area (TPSA) is 231 Å². The second-order valence-electron chi connectivity index (χ2n) is 11.9. The van der Waals surface area contributed by atoms with E-state index in [0.717, 1.165) is 17.1 Å². The van der Waals surface area contributed by atoms with Crippen LogP contribution in [0, 0.1) is 0 Å². The molecule has 0 fully saturated rings. The second kappa shape index (κ2) is 45.2. The number of nitrogens with zero attached hydrogens (tertiary/aromatic N) is 1. The molecule has 0 aromatic heterocycles. The third-order valence-electron chi connectivity index (χ3n) is 7.24. The summed E-state index contributed by atoms with van der Waals surface area (Å²) in [4.78, 5) is 35.5. The van der Waals surface area contributed by atoms with Crippen LogP contribution in [-0.4, -0.2) is 240 Å². The molecule has 0 aromatic carbocycles. The Kier molecular flexibility index (Phi) is 42.0. The van der Waals surface area contributed by atoms with E-state index in [1.54, 1.807) is 0 Å². The normalized spacial score (nSPS) is 12.7. The quantitative estimate of drug-likeness (QED) is 0.0510. The first-order chi connectivity index (χ1) is 29.1. The maximum atomic E-state index is 11.8. The monoisotopic (exact) mass is 857 g/mol. The molecule has 1 rings (SSSR count). The standard InChI is InChI=1S/C38H71N3O18/c39-3-5-45-7-9-47-11-13-49-15-17-51-19-21-53-23-25-55-27-29-57-31-33-59-34-32-58-30-28-56-26-24-54-22-20-52-18-16-50-14-12-48-10-8-46-6-4-40-36(42)35-41-37(43)1-2-38(41)44/h1-2H,3-35,39H2,(H,40,42). The Morgan fingerprint density at radius 3 is 0.797 bits per heavy atom. The third kappa shape index (κ3) is 39.6. The lowest BCUT2D eigenvalue weighted by atomic mass is 10.4. The highest BCUT2D eigenvalue weighted by atomic mass is 16.6. The molecule has 59 heavy (non-hydrogen) atoms. The molecular formula is C38H71N3O18. The first-order valence-electron chi connectivity index (χ1n) is 20.3. The van der Waals surface area contributed by atoms with E-state index in [2.05, 4.69) is 5.32 Å². The van der Waals surface area contributed by atoms with Crippen molar-refractivity contribution < 1.29 is 85.4 Å². The number of hydrogen-bond donors (Lipinski definition) is 2. The van der Waals surface area contributed by atoms with Gasteiger partial charge in [0.2, 0.25) is 5.91 Å². The summed E-state index contributed by atoms with van der Waals surface area (Å²) < 4.78 is 81.5. The summed E-state index contributed by atoms with van der Waals surface area (Å²) in [7, 11) is 0. The van der Waals surface area contributed by atoms with Crippen LogP contribution < -0.4 is 11.1 Å². The van der Waals surface area contributed by atoms with Crippen molar-refractivity contribution in [3.05, 3.63) is 12.2 Å². The van der Waals surface area contributed by atoms with Crippen molar-refractivity contribution in [1.82, 2.24) is 10.2 Å². The summed E-state index contributed by atoms with van der Waals surface area (Å²) in [6.45, 7) is 14.6. The van der Waals surface area contributed by atoms with E-state index >= 15 is 0 Å². The Morgan fingerprint density at radius 2 is 0.576 bits per heavy atom. The smallest absolute Gasteiger partial charge is 0.254 e. The third-order valence-corrected chi connectivity index (χ3v) is 7.24. The summed E-state index contributed by atoms with van der Waals surface area (Å²) in [6, 6.07) is 0. The molecule has 346 valence electrons. The van der Waals surface area contributed by atoms with Crippen molar-refractivity contribution in [3.63, 3.8) is 0 Å². The van der Waals surface area contributed by atoms with E-state index in [4.69, 9.17) is 76.8 Å². The van der Waals surface area contributed by atoms with Gasteiger partial charge in [-0.25, -0.2) is 0 Å². The van der Waals surface area contributed by atoms with Crippen molar-refractivity contribution in [2.45, 2.75) is 0 Å². The number of imide groups is 1. The van der Waals surface area contributed by atoms with E-state index in [-0.39, 0.29) is 19.7 Å². The number of nitrogens with one attached hydrogen (secondary N) is 1. The van der Waals surface area contributed by atoms with Gasteiger partial charge in [0.15, 0.2) is 0 Å². The predicted octanol–water partition coefficient (Wildman–Crippen LogP) is -1.76. The van der Waals surface area contributed by atoms with Crippen molar-refractivity contribution in [1.29, 1.82) is 0 Å². The van der Waals surface area contributed by atoms with Gasteiger partial charge in [-0.1, -0.05) is 0 Å². The molecule has 3 amide bonds. The Labute approximate surface area is 348 Å². The molecule has 21 nitrogen and oxygen atoms in total. The first kappa shape index (κ1) is 54.7. The number of carbonyl (C=O) groups excluding carboxylic acids is 3. The molecule has 0 spiro atoms. The molecular weight excluding hydrogens is 786 g/mol. The lowest BCUT2D eigenvalue weighted by molar-refractivity contribution is -0.141. The van der Waals surface area contributed by atoms with Crippen molar-refractivity contribution in [2.75, 3.05) is 218 Å². The molecule has 0 saturated heterocycles. The molecule has 0 atom stereocenters. The molecule has 21 heteroatoms. The van der Waals surface area contributed by atoms with Gasteiger partial charge < -0.3 is 82.1 Å². The Morgan fingerprint density at radius 1 is 0.373 bits per heavy atom. The van der Waals surface area contributed by atoms with Crippen molar-refractivity contribution in [3.8, 4) is 0 Å². The fraction of sp³-hybridized carbons (Fsp3) is 0.868. The molecule has 1 aliphatic heterocycles. The lowest BCUT2D eigenvalue weighted by Gasteiger charge is -2.13. The molecule has 0 radical (unpaired) electrons. The number of amides is 3. The highest BCUT2D eigenvalue weighted by Crippen LogP contribution is 2.02. The zero-order valence-corrected chi connectivity index (χ0v) is 34.9. The van der Waals surface area contributed by atoms with Crippen LogP contribution in [0.3, 0.4) is 0 Å². The average molecular weight is 858 g/mol. The van der Waals surface area contributed by atoms with Crippen LogP contribution in [0.4, 0.5) is 0 Å². The van der Waals surface area contributed by atoms with Gasteiger partial charge in [0.1, 0.15) is 6.54 Å². The van der Waals surface area contributed by atoms with E-state index in [1.807, 2.05) is 0 Å². The fourth-order valence-electron chi connectivity index (χ4n) is 4.31. The SMILES string of the molecule is NCCOCCOCCOCCOCCOCCOCCOCCOCCOCCOCCOCCOCCOCCOCCOCCNC(=O)CN1C(=O)C=CC1=O. The van der Waals surface area contributed by atoms with Gasteiger partial charge in [-0.15, -0.1) is 0 Å². The molecule has 0 aliphatic carbocycles. The number of hydrogen-bond acceptors (Lipinski definition) is 19. The number of rotatable bonds is 49. The summed E-state index contributed by atoms with van der Waals surface area (Å²) >= 11 is 0. The van der Waals surface area contributed by atoms with Crippen LogP contribution >= 0.6 is 0 Å². The van der Waals surface area contributed by atoms with Crippen LogP contribution in [0.2, 0.25) is 0 Å². The van der Waals surface area contributed by atoms with Gasteiger partial charge in [-0.2, -0.15) is 0 Å². The minimum absolute atomic E-state index is 0.261. The fourth-order valence-corrected chi connectivity index (χ4v) is 4.31. The Hall–Kier alpha value is -2.29. The Bertz CT molecular complexity index is 968. The first-order valence-corrected chi connectivity index (χ1v) is 20.3. The second-order valence-corrected chi connectivity index (χ2v) is 11.9. The van der Waals surface area contributed by atoms with Gasteiger partial charge in [-0.3, -0.25) is 19.3 Å². The van der Waals surface area contributed by atoms with Gasteiger partial charge in [0.05, 0.1) is 198 Å². The number of ether oxygens (including phenoxy) is 15. The van der Waals surface area contributed by atoms with Gasteiger partial charge >= 0.3 is 0 Å². The largest absolute Gasteiger partial charge is 0.378 e. The molecule has 1 heterocycles. The lowest BCUT2D eigenvalue weighted by Crippen LogP contribution is -2.41. The van der Waals surface area contributed by atoms with Crippen LogP contribution in [0.15, 0.2) is 12.2 Å². The predicted molar refractivity (Wildman–Crippen MR) is 210 cm³/mol. The highest BCUT2D eigenvalue weighted by Gasteiger charge is 2.25. The maximum absolute atomic E-state index is 11.8. The van der Waals surface area contributed by atoms with Crippen LogP contribution in [0.5, 0.6) is 0 Å². The summed E-state index contributed by atoms with van der Waals surface area (Å²) in [5, 5.41) is 2.59. The highest BCUT2D eigenvalue weighted by molar-refractivity contribution is 6.14. The van der Waals surface area contributed by atoms with Crippen LogP contribution in [0.1, 0.15) is 0 Å². The molecule has 1 aliphatic rings. The molecule has 3 N–H and O–H groups in total. The summed E-state index contributed by atoms with van der Waals surface area (Å²) in [5.41, 5.74) is 5.33. The minimum Gasteiger partial charge on any atom is -0.378 e. The van der Waals surface area contributed by atoms with Crippen molar-refractivity contribution >= 4 is 17.7 Å². The molecule has 0 aromatic rings. The molecule has 0 saturated carbocycles. The van der Waals surface area contributed by atoms with Gasteiger partial charge in [-0.05, 0) is 0 Å². The summed E-state index contributed by atoms with van der Waals surface area (Å²) in [6.07, 6.45) is 2.27. The average Bonchev–Trinajstić information content (AvgIpc) is 3.55. The number of carbonyl (C=O) groups is 3. The van der Waals surface area contributed by atoms with Crippen LogP contribution in [0.25, 0.3) is 0 Å². The van der Waals surface area contributed by atoms with E-state index in [9.17, 15) is 14.4 Å². The zero-order valence-electron chi connectivity index (χ0n) is 34.9. The van der Waals surface area contributed by atoms with Crippen molar-refractivity contribution in [2.24, 2.45) is 5.73 Å². The minimum atomic E-state index is -0.494. The summed E-state index contributed by atoms with van der Waals surface area (Å²) in [5.74, 6) is -1.42. The Balaban J connectivity index is 1.62. The van der Waals surface area contributed by atoms with E-state index in [1.165, 1.54) is 0 Å². The van der Waals surface area contributed by atoms with Gasteiger partial charge in [0, 0.05) is 25.2 Å². The zero-order chi connectivity index (χ0) is 42.4. The maximum Gasteiger partial charge on any atom is 0.254 e. The molecule has 0 bridgehead atoms. The van der Waals surface area contributed by atoms with Gasteiger partial charge in [0.25, 0.3) is 11.8 Å². The van der Waals surface area contributed by atoms with E-state index < -0.39 is 17.7 Å². The van der Waals surface area contributed by atoms with E-state index in [0.29, 0.717) is 198 Å². The number of nitrogens with two attached hydrogens (primary N) is 1.